The highest BCUT2D eigenvalue weighted by atomic mass is 32.1. The SMILES string of the molecule is COC1(C(=O)Nc2nc(C)c(Cc3ccccc3F)s2)CCNCC1. The Bertz CT molecular complexity index is 757. The molecule has 1 fully saturated rings. The molecule has 2 N–H and O–H groups in total. The van der Waals surface area contributed by atoms with Crippen LogP contribution < -0.4 is 10.6 Å². The number of thiazole rings is 1. The molecule has 1 aliphatic heterocycles. The second-order valence-corrected chi connectivity index (χ2v) is 7.28. The molecule has 2 aromatic rings. The average Bonchev–Trinajstić information content (AvgIpc) is 2.96. The molecule has 1 amide bonds. The van der Waals surface area contributed by atoms with Crippen LogP contribution in [-0.2, 0) is 16.0 Å². The molecule has 2 heterocycles. The van der Waals surface area contributed by atoms with E-state index >= 15 is 0 Å². The number of carbonyl (C=O) groups is 1. The van der Waals surface area contributed by atoms with Crippen LogP contribution in [0.4, 0.5) is 9.52 Å². The number of nitrogens with zero attached hydrogens (tertiary/aromatic N) is 1. The molecule has 25 heavy (non-hydrogen) atoms. The van der Waals surface area contributed by atoms with Crippen molar-refractivity contribution < 1.29 is 13.9 Å². The minimum atomic E-state index is -0.809. The number of aromatic nitrogens is 1. The summed E-state index contributed by atoms with van der Waals surface area (Å²) < 4.78 is 19.4. The molecule has 0 unspecified atom stereocenters. The lowest BCUT2D eigenvalue weighted by atomic mass is 9.91. The highest BCUT2D eigenvalue weighted by molar-refractivity contribution is 7.15. The van der Waals surface area contributed by atoms with Crippen molar-refractivity contribution in [1.29, 1.82) is 0 Å². The Labute approximate surface area is 150 Å². The molecule has 1 aromatic heterocycles. The van der Waals surface area contributed by atoms with Crippen molar-refractivity contribution in [3.63, 3.8) is 0 Å². The molecule has 1 saturated heterocycles. The summed E-state index contributed by atoms with van der Waals surface area (Å²) in [5.74, 6) is -0.392. The van der Waals surface area contributed by atoms with Gasteiger partial charge in [-0.2, -0.15) is 0 Å². The Morgan fingerprint density at radius 1 is 1.40 bits per heavy atom. The number of hydrogen-bond donors (Lipinski definition) is 2. The van der Waals surface area contributed by atoms with Crippen molar-refractivity contribution in [2.45, 2.75) is 31.8 Å². The summed E-state index contributed by atoms with van der Waals surface area (Å²) in [6.07, 6.45) is 1.72. The molecule has 0 radical (unpaired) electrons. The minimum absolute atomic E-state index is 0.164. The van der Waals surface area contributed by atoms with Gasteiger partial charge in [-0.05, 0) is 44.5 Å². The van der Waals surface area contributed by atoms with Crippen LogP contribution in [0.15, 0.2) is 24.3 Å². The standard InChI is InChI=1S/C18H22FN3O2S/c1-12-15(11-13-5-3-4-6-14(13)19)25-17(21-12)22-16(23)18(24-2)7-9-20-10-8-18/h3-6,20H,7-11H2,1-2H3,(H,21,22,23). The molecule has 3 rings (SSSR count). The second-order valence-electron chi connectivity index (χ2n) is 6.20. The van der Waals surface area contributed by atoms with Crippen LogP contribution in [0.3, 0.4) is 0 Å². The highest BCUT2D eigenvalue weighted by Gasteiger charge is 2.40. The van der Waals surface area contributed by atoms with Crippen LogP contribution in [0.5, 0.6) is 0 Å². The Morgan fingerprint density at radius 3 is 2.80 bits per heavy atom. The van der Waals surface area contributed by atoms with Gasteiger partial charge in [0.2, 0.25) is 0 Å². The smallest absolute Gasteiger partial charge is 0.258 e. The van der Waals surface area contributed by atoms with Gasteiger partial charge in [0, 0.05) is 18.4 Å². The fourth-order valence-corrected chi connectivity index (χ4v) is 4.01. The van der Waals surface area contributed by atoms with E-state index in [2.05, 4.69) is 15.6 Å². The van der Waals surface area contributed by atoms with Gasteiger partial charge in [-0.1, -0.05) is 18.2 Å². The summed E-state index contributed by atoms with van der Waals surface area (Å²) in [6, 6.07) is 6.71. The zero-order valence-electron chi connectivity index (χ0n) is 14.4. The zero-order valence-corrected chi connectivity index (χ0v) is 15.2. The lowest BCUT2D eigenvalue weighted by Gasteiger charge is -2.34. The quantitative estimate of drug-likeness (QED) is 0.857. The van der Waals surface area contributed by atoms with Crippen molar-refractivity contribution in [1.82, 2.24) is 10.3 Å². The predicted molar refractivity (Wildman–Crippen MR) is 96.5 cm³/mol. The molecular formula is C18H22FN3O2S. The number of piperidine rings is 1. The van der Waals surface area contributed by atoms with Gasteiger partial charge >= 0.3 is 0 Å². The zero-order chi connectivity index (χ0) is 17.9. The summed E-state index contributed by atoms with van der Waals surface area (Å²) in [5.41, 5.74) is 0.621. The molecule has 0 spiro atoms. The number of ether oxygens (including phenoxy) is 1. The summed E-state index contributed by atoms with van der Waals surface area (Å²) in [6.45, 7) is 3.37. The number of methoxy groups -OCH3 is 1. The van der Waals surface area contributed by atoms with Crippen LogP contribution in [0.25, 0.3) is 0 Å². The highest BCUT2D eigenvalue weighted by Crippen LogP contribution is 2.29. The van der Waals surface area contributed by atoms with Crippen LogP contribution in [0.2, 0.25) is 0 Å². The van der Waals surface area contributed by atoms with E-state index in [0.29, 0.717) is 30.0 Å². The maximum absolute atomic E-state index is 13.9. The van der Waals surface area contributed by atoms with E-state index in [-0.39, 0.29) is 11.7 Å². The number of anilines is 1. The van der Waals surface area contributed by atoms with E-state index in [1.807, 2.05) is 13.0 Å². The Morgan fingerprint density at radius 2 is 2.12 bits per heavy atom. The van der Waals surface area contributed by atoms with Crippen molar-refractivity contribution >= 4 is 22.4 Å². The van der Waals surface area contributed by atoms with Gasteiger partial charge < -0.3 is 10.1 Å². The van der Waals surface area contributed by atoms with E-state index in [0.717, 1.165) is 23.7 Å². The van der Waals surface area contributed by atoms with Crippen LogP contribution in [0, 0.1) is 12.7 Å². The molecule has 1 aliphatic rings. The van der Waals surface area contributed by atoms with E-state index in [4.69, 9.17) is 4.74 Å². The van der Waals surface area contributed by atoms with E-state index in [1.54, 1.807) is 19.2 Å². The van der Waals surface area contributed by atoms with Crippen LogP contribution >= 0.6 is 11.3 Å². The molecule has 134 valence electrons. The Kier molecular flexibility index (Phi) is 5.46. The Balaban J connectivity index is 1.74. The number of nitrogens with one attached hydrogen (secondary N) is 2. The van der Waals surface area contributed by atoms with Gasteiger partial charge in [-0.3, -0.25) is 10.1 Å². The largest absolute Gasteiger partial charge is 0.368 e. The molecule has 1 aromatic carbocycles. The predicted octanol–water partition coefficient (Wildman–Crippen LogP) is 2.89. The Hall–Kier alpha value is -1.83. The molecule has 0 atom stereocenters. The van der Waals surface area contributed by atoms with E-state index < -0.39 is 5.60 Å². The van der Waals surface area contributed by atoms with Crippen LogP contribution in [0.1, 0.15) is 29.0 Å². The van der Waals surface area contributed by atoms with Crippen LogP contribution in [-0.4, -0.2) is 36.7 Å². The number of hydrogen-bond acceptors (Lipinski definition) is 5. The fraction of sp³-hybridized carbons (Fsp3) is 0.444. The summed E-state index contributed by atoms with van der Waals surface area (Å²) in [7, 11) is 1.57. The van der Waals surface area contributed by atoms with E-state index in [9.17, 15) is 9.18 Å². The first-order valence-corrected chi connectivity index (χ1v) is 9.13. The maximum atomic E-state index is 13.9. The van der Waals surface area contributed by atoms with Gasteiger partial charge in [0.25, 0.3) is 5.91 Å². The van der Waals surface area contributed by atoms with E-state index in [1.165, 1.54) is 17.4 Å². The number of amides is 1. The summed E-state index contributed by atoms with van der Waals surface area (Å²) >= 11 is 1.38. The van der Waals surface area contributed by atoms with Gasteiger partial charge in [0.15, 0.2) is 5.13 Å². The number of aryl methyl sites for hydroxylation is 1. The van der Waals surface area contributed by atoms with Gasteiger partial charge in [-0.25, -0.2) is 9.37 Å². The van der Waals surface area contributed by atoms with Crippen molar-refractivity contribution in [2.24, 2.45) is 0 Å². The average molecular weight is 363 g/mol. The lowest BCUT2D eigenvalue weighted by molar-refractivity contribution is -0.140. The third-order valence-electron chi connectivity index (χ3n) is 4.64. The summed E-state index contributed by atoms with van der Waals surface area (Å²) in [5, 5.41) is 6.65. The first-order valence-electron chi connectivity index (χ1n) is 8.31. The molecule has 0 aliphatic carbocycles. The fourth-order valence-electron chi connectivity index (χ4n) is 3.03. The molecular weight excluding hydrogens is 341 g/mol. The number of benzene rings is 1. The summed E-state index contributed by atoms with van der Waals surface area (Å²) in [4.78, 5) is 18.1. The maximum Gasteiger partial charge on any atom is 0.258 e. The van der Waals surface area contributed by atoms with Crippen molar-refractivity contribution in [3.05, 3.63) is 46.2 Å². The third kappa shape index (κ3) is 3.89. The normalized spacial score (nSPS) is 16.6. The monoisotopic (exact) mass is 363 g/mol. The second kappa shape index (κ2) is 7.59. The van der Waals surface area contributed by atoms with Crippen molar-refractivity contribution in [2.75, 3.05) is 25.5 Å². The molecule has 7 heteroatoms. The number of carbonyl (C=O) groups excluding carboxylic acids is 1. The number of halogens is 1. The molecule has 0 bridgehead atoms. The lowest BCUT2D eigenvalue weighted by Crippen LogP contribution is -2.51. The molecule has 5 nitrogen and oxygen atoms in total. The van der Waals surface area contributed by atoms with Gasteiger partial charge in [0.05, 0.1) is 5.69 Å². The minimum Gasteiger partial charge on any atom is -0.368 e. The van der Waals surface area contributed by atoms with Gasteiger partial charge in [0.1, 0.15) is 11.4 Å². The third-order valence-corrected chi connectivity index (χ3v) is 5.71. The van der Waals surface area contributed by atoms with Gasteiger partial charge in [-0.15, -0.1) is 11.3 Å². The topological polar surface area (TPSA) is 63.2 Å². The first-order chi connectivity index (χ1) is 12.0. The first kappa shape index (κ1) is 18.0. The molecule has 0 saturated carbocycles. The van der Waals surface area contributed by atoms with Crippen molar-refractivity contribution in [3.8, 4) is 0 Å². The number of rotatable bonds is 5.